The zero-order chi connectivity index (χ0) is 18.8. The lowest BCUT2D eigenvalue weighted by atomic mass is 10.1. The lowest BCUT2D eigenvalue weighted by molar-refractivity contribution is 0.140. The number of hydrogen-bond acceptors (Lipinski definition) is 5. The van der Waals surface area contributed by atoms with Crippen LogP contribution in [-0.2, 0) is 12.8 Å². The van der Waals surface area contributed by atoms with Gasteiger partial charge in [-0.25, -0.2) is 4.98 Å². The summed E-state index contributed by atoms with van der Waals surface area (Å²) in [6, 6.07) is 0. The van der Waals surface area contributed by atoms with Crippen molar-refractivity contribution in [2.75, 3.05) is 59.4 Å². The van der Waals surface area contributed by atoms with Crippen molar-refractivity contribution in [3.05, 3.63) is 16.1 Å². The standard InChI is InChI=1S/C19H36N6S.HI/c1-5-17-14-22-18(26-17)7-8-21-19(20-6-2)23-13-16(3)15-25-11-9-24(4)10-12-25;/h14,16H,5-13,15H2,1-4H3,(H2,20,21,23);1H. The van der Waals surface area contributed by atoms with E-state index in [1.54, 1.807) is 0 Å². The van der Waals surface area contributed by atoms with Crippen LogP contribution >= 0.6 is 35.3 Å². The number of rotatable bonds is 9. The van der Waals surface area contributed by atoms with Crippen LogP contribution in [0.3, 0.4) is 0 Å². The first-order valence-electron chi connectivity index (χ1n) is 9.97. The van der Waals surface area contributed by atoms with Crippen LogP contribution in [-0.4, -0.2) is 80.1 Å². The van der Waals surface area contributed by atoms with Crippen LogP contribution in [0.25, 0.3) is 0 Å². The third-order valence-electron chi connectivity index (χ3n) is 4.65. The third kappa shape index (κ3) is 9.54. The molecule has 2 heterocycles. The monoisotopic (exact) mass is 508 g/mol. The quantitative estimate of drug-likeness (QED) is 0.305. The Labute approximate surface area is 186 Å². The molecule has 156 valence electrons. The van der Waals surface area contributed by atoms with E-state index in [-0.39, 0.29) is 24.0 Å². The molecule has 27 heavy (non-hydrogen) atoms. The smallest absolute Gasteiger partial charge is 0.191 e. The largest absolute Gasteiger partial charge is 0.357 e. The molecule has 1 fully saturated rings. The fourth-order valence-corrected chi connectivity index (χ4v) is 3.89. The Bertz CT molecular complexity index is 542. The molecule has 1 atom stereocenters. The van der Waals surface area contributed by atoms with Gasteiger partial charge < -0.3 is 20.4 Å². The van der Waals surface area contributed by atoms with Gasteiger partial charge in [0.15, 0.2) is 5.96 Å². The zero-order valence-electron chi connectivity index (χ0n) is 17.3. The molecule has 1 aromatic rings. The maximum atomic E-state index is 4.79. The molecule has 0 amide bonds. The van der Waals surface area contributed by atoms with Crippen molar-refractivity contribution in [3.63, 3.8) is 0 Å². The number of piperazine rings is 1. The summed E-state index contributed by atoms with van der Waals surface area (Å²) in [7, 11) is 2.20. The number of nitrogens with zero attached hydrogens (tertiary/aromatic N) is 4. The average Bonchev–Trinajstić information content (AvgIpc) is 3.09. The van der Waals surface area contributed by atoms with Crippen molar-refractivity contribution in [1.29, 1.82) is 0 Å². The van der Waals surface area contributed by atoms with E-state index in [1.807, 2.05) is 17.5 Å². The molecule has 2 N–H and O–H groups in total. The summed E-state index contributed by atoms with van der Waals surface area (Å²) in [6.45, 7) is 15.0. The van der Waals surface area contributed by atoms with Gasteiger partial charge >= 0.3 is 0 Å². The molecule has 1 unspecified atom stereocenters. The second kappa shape index (κ2) is 13.7. The van der Waals surface area contributed by atoms with Gasteiger partial charge in [0.25, 0.3) is 0 Å². The molecule has 1 aliphatic heterocycles. The average molecular weight is 509 g/mol. The molecule has 6 nitrogen and oxygen atoms in total. The number of halogens is 1. The molecule has 1 saturated heterocycles. The Morgan fingerprint density at radius 1 is 1.26 bits per heavy atom. The molecule has 0 radical (unpaired) electrons. The van der Waals surface area contributed by atoms with Crippen LogP contribution in [0.5, 0.6) is 0 Å². The molecule has 0 aromatic carbocycles. The topological polar surface area (TPSA) is 55.8 Å². The maximum Gasteiger partial charge on any atom is 0.191 e. The first kappa shape index (κ1) is 24.6. The van der Waals surface area contributed by atoms with E-state index < -0.39 is 0 Å². The predicted octanol–water partition coefficient (Wildman–Crippen LogP) is 2.30. The third-order valence-corrected chi connectivity index (χ3v) is 5.85. The van der Waals surface area contributed by atoms with Gasteiger partial charge in [0.05, 0.1) is 5.01 Å². The summed E-state index contributed by atoms with van der Waals surface area (Å²) in [5, 5.41) is 8.00. The Balaban J connectivity index is 0.00000364. The maximum absolute atomic E-state index is 4.79. The Morgan fingerprint density at radius 3 is 2.63 bits per heavy atom. The van der Waals surface area contributed by atoms with Crippen LogP contribution in [0.15, 0.2) is 11.2 Å². The van der Waals surface area contributed by atoms with Gasteiger partial charge in [0.1, 0.15) is 0 Å². The van der Waals surface area contributed by atoms with Gasteiger partial charge in [-0.2, -0.15) is 0 Å². The highest BCUT2D eigenvalue weighted by Crippen LogP contribution is 2.13. The minimum absolute atomic E-state index is 0. The molecule has 1 aliphatic rings. The van der Waals surface area contributed by atoms with Gasteiger partial charge in [-0.05, 0) is 26.3 Å². The van der Waals surface area contributed by atoms with Crippen molar-refractivity contribution < 1.29 is 0 Å². The normalized spacial score (nSPS) is 17.4. The number of likely N-dealkylation sites (N-methyl/N-ethyl adjacent to an activating group) is 1. The van der Waals surface area contributed by atoms with Crippen LogP contribution in [0, 0.1) is 5.92 Å². The second-order valence-corrected chi connectivity index (χ2v) is 8.38. The predicted molar refractivity (Wildman–Crippen MR) is 128 cm³/mol. The van der Waals surface area contributed by atoms with Gasteiger partial charge in [-0.3, -0.25) is 4.99 Å². The molecular formula is C19H37IN6S. The van der Waals surface area contributed by atoms with Crippen LogP contribution in [0.1, 0.15) is 30.7 Å². The van der Waals surface area contributed by atoms with Crippen LogP contribution in [0.2, 0.25) is 0 Å². The summed E-state index contributed by atoms with van der Waals surface area (Å²) < 4.78 is 0. The highest BCUT2D eigenvalue weighted by Gasteiger charge is 2.16. The fraction of sp³-hybridized carbons (Fsp3) is 0.789. The Morgan fingerprint density at radius 2 is 2.00 bits per heavy atom. The molecule has 0 spiro atoms. The van der Waals surface area contributed by atoms with Crippen molar-refractivity contribution >= 4 is 41.3 Å². The van der Waals surface area contributed by atoms with Crippen LogP contribution < -0.4 is 10.6 Å². The van der Waals surface area contributed by atoms with E-state index in [4.69, 9.17) is 4.99 Å². The zero-order valence-corrected chi connectivity index (χ0v) is 20.5. The number of guanidine groups is 1. The van der Waals surface area contributed by atoms with Crippen molar-refractivity contribution in [1.82, 2.24) is 25.4 Å². The minimum atomic E-state index is 0. The van der Waals surface area contributed by atoms with E-state index >= 15 is 0 Å². The van der Waals surface area contributed by atoms with E-state index in [0.29, 0.717) is 5.92 Å². The molecule has 0 bridgehead atoms. The Kier molecular flexibility index (Phi) is 12.5. The fourth-order valence-electron chi connectivity index (χ4n) is 3.03. The van der Waals surface area contributed by atoms with Crippen molar-refractivity contribution in [2.45, 2.75) is 33.6 Å². The van der Waals surface area contributed by atoms with E-state index in [1.165, 1.54) is 36.1 Å². The van der Waals surface area contributed by atoms with E-state index in [2.05, 4.69) is 53.2 Å². The van der Waals surface area contributed by atoms with Crippen molar-refractivity contribution in [2.24, 2.45) is 10.9 Å². The molecule has 1 aromatic heterocycles. The van der Waals surface area contributed by atoms with E-state index in [0.717, 1.165) is 45.0 Å². The Hall–Kier alpha value is -0.450. The SMILES string of the molecule is CCNC(=NCC(C)CN1CCN(C)CC1)NCCc1ncc(CC)s1.I. The molecule has 0 saturated carbocycles. The van der Waals surface area contributed by atoms with Gasteiger partial charge in [0.2, 0.25) is 0 Å². The second-order valence-electron chi connectivity index (χ2n) is 7.18. The van der Waals surface area contributed by atoms with Crippen molar-refractivity contribution in [3.8, 4) is 0 Å². The number of aliphatic imine (C=N–C) groups is 1. The molecule has 0 aliphatic carbocycles. The molecular weight excluding hydrogens is 471 g/mol. The lowest BCUT2D eigenvalue weighted by Gasteiger charge is -2.33. The first-order valence-corrected chi connectivity index (χ1v) is 10.8. The number of hydrogen-bond donors (Lipinski definition) is 2. The number of nitrogens with one attached hydrogen (secondary N) is 2. The summed E-state index contributed by atoms with van der Waals surface area (Å²) in [5.41, 5.74) is 0. The highest BCUT2D eigenvalue weighted by atomic mass is 127. The number of aryl methyl sites for hydroxylation is 1. The molecule has 8 heteroatoms. The number of aromatic nitrogens is 1. The van der Waals surface area contributed by atoms with Gasteiger partial charge in [0, 0.05) is 69.9 Å². The van der Waals surface area contributed by atoms with E-state index in [9.17, 15) is 0 Å². The summed E-state index contributed by atoms with van der Waals surface area (Å²) in [6.07, 6.45) is 4.02. The minimum Gasteiger partial charge on any atom is -0.357 e. The van der Waals surface area contributed by atoms with Gasteiger partial charge in [-0.1, -0.05) is 13.8 Å². The highest BCUT2D eigenvalue weighted by molar-refractivity contribution is 14.0. The van der Waals surface area contributed by atoms with Crippen LogP contribution in [0.4, 0.5) is 0 Å². The molecule has 2 rings (SSSR count). The summed E-state index contributed by atoms with van der Waals surface area (Å²) in [5.74, 6) is 1.49. The number of thiazole rings is 1. The summed E-state index contributed by atoms with van der Waals surface area (Å²) in [4.78, 5) is 15.6. The van der Waals surface area contributed by atoms with Gasteiger partial charge in [-0.15, -0.1) is 35.3 Å². The first-order chi connectivity index (χ1) is 12.6. The lowest BCUT2D eigenvalue weighted by Crippen LogP contribution is -2.46. The summed E-state index contributed by atoms with van der Waals surface area (Å²) >= 11 is 1.82.